The fourth-order valence-corrected chi connectivity index (χ4v) is 5.35. The number of aromatic nitrogens is 1. The first kappa shape index (κ1) is 23.7. The first-order chi connectivity index (χ1) is 16.9. The fourth-order valence-electron chi connectivity index (χ4n) is 3.94. The van der Waals surface area contributed by atoms with Crippen LogP contribution in [-0.2, 0) is 11.3 Å². The molecule has 3 aromatic carbocycles. The van der Waals surface area contributed by atoms with Gasteiger partial charge in [-0.25, -0.2) is 4.90 Å². The van der Waals surface area contributed by atoms with Gasteiger partial charge in [0, 0.05) is 27.1 Å². The molecule has 5 nitrogen and oxygen atoms in total. The SMILES string of the molecule is Cc1ccc(OCCn2cc(/C=C3\SC(=O)N(c4ccccc4Cl)C3=O)c3cc(Br)ccc32)cc1. The van der Waals surface area contributed by atoms with Gasteiger partial charge in [0.05, 0.1) is 22.2 Å². The first-order valence-corrected chi connectivity index (χ1v) is 12.9. The lowest BCUT2D eigenvalue weighted by molar-refractivity contribution is -0.113. The number of halogens is 2. The summed E-state index contributed by atoms with van der Waals surface area (Å²) >= 11 is 10.7. The molecule has 0 spiro atoms. The lowest BCUT2D eigenvalue weighted by Crippen LogP contribution is -2.27. The van der Waals surface area contributed by atoms with E-state index in [0.29, 0.717) is 28.8 Å². The largest absolute Gasteiger partial charge is 0.492 e. The number of benzene rings is 3. The van der Waals surface area contributed by atoms with E-state index < -0.39 is 0 Å². The third-order valence-electron chi connectivity index (χ3n) is 5.67. The minimum absolute atomic E-state index is 0.352. The number of fused-ring (bicyclic) bond motifs is 1. The molecule has 0 saturated carbocycles. The molecule has 1 aliphatic rings. The maximum Gasteiger partial charge on any atom is 0.298 e. The molecule has 0 atom stereocenters. The number of amides is 2. The highest BCUT2D eigenvalue weighted by atomic mass is 79.9. The van der Waals surface area contributed by atoms with E-state index in [1.54, 1.807) is 30.3 Å². The highest BCUT2D eigenvalue weighted by Gasteiger charge is 2.37. The molecule has 1 aliphatic heterocycles. The van der Waals surface area contributed by atoms with Crippen LogP contribution in [0.25, 0.3) is 17.0 Å². The zero-order valence-corrected chi connectivity index (χ0v) is 21.9. The lowest BCUT2D eigenvalue weighted by atomic mass is 10.1. The number of thioether (sulfide) groups is 1. The highest BCUT2D eigenvalue weighted by Crippen LogP contribution is 2.39. The van der Waals surface area contributed by atoms with Gasteiger partial charge in [-0.3, -0.25) is 9.59 Å². The van der Waals surface area contributed by atoms with E-state index in [4.69, 9.17) is 16.3 Å². The molecule has 35 heavy (non-hydrogen) atoms. The molecule has 0 radical (unpaired) electrons. The van der Waals surface area contributed by atoms with E-state index in [2.05, 4.69) is 20.5 Å². The minimum Gasteiger partial charge on any atom is -0.492 e. The van der Waals surface area contributed by atoms with Crippen molar-refractivity contribution in [3.8, 4) is 5.75 Å². The van der Waals surface area contributed by atoms with Gasteiger partial charge in [-0.15, -0.1) is 0 Å². The number of imide groups is 1. The lowest BCUT2D eigenvalue weighted by Gasteiger charge is -2.13. The van der Waals surface area contributed by atoms with Gasteiger partial charge in [0.15, 0.2) is 0 Å². The maximum atomic E-state index is 13.2. The summed E-state index contributed by atoms with van der Waals surface area (Å²) in [5, 5.41) is 0.954. The van der Waals surface area contributed by atoms with Gasteiger partial charge in [0.1, 0.15) is 12.4 Å². The summed E-state index contributed by atoms with van der Waals surface area (Å²) in [6, 6.07) is 20.8. The summed E-state index contributed by atoms with van der Waals surface area (Å²) in [5.74, 6) is 0.440. The van der Waals surface area contributed by atoms with Crippen molar-refractivity contribution in [2.45, 2.75) is 13.5 Å². The zero-order chi connectivity index (χ0) is 24.5. The van der Waals surface area contributed by atoms with Crippen LogP contribution < -0.4 is 9.64 Å². The number of rotatable bonds is 6. The van der Waals surface area contributed by atoms with E-state index >= 15 is 0 Å². The van der Waals surface area contributed by atoms with Crippen molar-refractivity contribution in [3.05, 3.63) is 98.5 Å². The van der Waals surface area contributed by atoms with Crippen molar-refractivity contribution in [1.82, 2.24) is 4.57 Å². The van der Waals surface area contributed by atoms with E-state index in [1.807, 2.05) is 55.6 Å². The van der Waals surface area contributed by atoms with Gasteiger partial charge in [-0.2, -0.15) is 0 Å². The van der Waals surface area contributed by atoms with Crippen LogP contribution in [0.1, 0.15) is 11.1 Å². The molecule has 2 amide bonds. The Morgan fingerprint density at radius 2 is 1.83 bits per heavy atom. The zero-order valence-electron chi connectivity index (χ0n) is 18.7. The van der Waals surface area contributed by atoms with Crippen molar-refractivity contribution in [1.29, 1.82) is 0 Å². The monoisotopic (exact) mass is 566 g/mol. The van der Waals surface area contributed by atoms with E-state index in [9.17, 15) is 9.59 Å². The van der Waals surface area contributed by atoms with E-state index in [0.717, 1.165) is 43.4 Å². The number of aryl methyl sites for hydroxylation is 1. The van der Waals surface area contributed by atoms with Gasteiger partial charge < -0.3 is 9.30 Å². The van der Waals surface area contributed by atoms with Crippen LogP contribution in [-0.4, -0.2) is 22.3 Å². The summed E-state index contributed by atoms with van der Waals surface area (Å²) in [7, 11) is 0. The van der Waals surface area contributed by atoms with Gasteiger partial charge in [-0.05, 0) is 67.2 Å². The smallest absolute Gasteiger partial charge is 0.298 e. The molecule has 1 fully saturated rings. The molecule has 5 rings (SSSR count). The number of para-hydroxylation sites is 1. The highest BCUT2D eigenvalue weighted by molar-refractivity contribution is 9.10. The van der Waals surface area contributed by atoms with E-state index in [1.165, 1.54) is 5.56 Å². The van der Waals surface area contributed by atoms with Gasteiger partial charge in [0.2, 0.25) is 0 Å². The van der Waals surface area contributed by atoms with Crippen molar-refractivity contribution in [2.75, 3.05) is 11.5 Å². The molecular weight excluding hydrogens is 548 g/mol. The van der Waals surface area contributed by atoms with Crippen LogP contribution >= 0.6 is 39.3 Å². The second-order valence-corrected chi connectivity index (χ2v) is 10.4. The molecule has 0 bridgehead atoms. The number of hydrogen-bond acceptors (Lipinski definition) is 4. The standard InChI is InChI=1S/C27H20BrClN2O3S/c1-17-6-9-20(10-7-17)34-13-12-30-16-18(21-15-19(28)8-11-23(21)30)14-25-26(32)31(27(33)35-25)24-5-3-2-4-22(24)29/h2-11,14-16H,12-13H2,1H3/b25-14-. The summed E-state index contributed by atoms with van der Waals surface area (Å²) < 4.78 is 8.94. The van der Waals surface area contributed by atoms with Gasteiger partial charge in [-0.1, -0.05) is 57.4 Å². The Bertz CT molecular complexity index is 1480. The van der Waals surface area contributed by atoms with Crippen molar-refractivity contribution >= 4 is 73.1 Å². The van der Waals surface area contributed by atoms with Crippen LogP contribution in [0.4, 0.5) is 10.5 Å². The summed E-state index contributed by atoms with van der Waals surface area (Å²) in [5.41, 5.74) is 3.43. The molecule has 1 saturated heterocycles. The minimum atomic E-state index is -0.383. The van der Waals surface area contributed by atoms with Crippen molar-refractivity contribution in [2.24, 2.45) is 0 Å². The maximum absolute atomic E-state index is 13.2. The first-order valence-electron chi connectivity index (χ1n) is 10.9. The molecule has 4 aromatic rings. The normalized spacial score (nSPS) is 14.9. The number of hydrogen-bond donors (Lipinski definition) is 0. The molecule has 2 heterocycles. The number of nitrogens with zero attached hydrogens (tertiary/aromatic N) is 2. The Morgan fingerprint density at radius 3 is 2.60 bits per heavy atom. The van der Waals surface area contributed by atoms with Crippen molar-refractivity contribution < 1.29 is 14.3 Å². The van der Waals surface area contributed by atoms with Crippen LogP contribution in [0.15, 0.2) is 82.3 Å². The number of ether oxygens (including phenoxy) is 1. The molecule has 8 heteroatoms. The average Bonchev–Trinajstić information content (AvgIpc) is 3.31. The van der Waals surface area contributed by atoms with Gasteiger partial charge >= 0.3 is 0 Å². The van der Waals surface area contributed by atoms with Crippen LogP contribution in [0, 0.1) is 6.92 Å². The Balaban J connectivity index is 1.43. The molecule has 176 valence electrons. The Hall–Kier alpha value is -3.00. The topological polar surface area (TPSA) is 51.5 Å². The van der Waals surface area contributed by atoms with Crippen LogP contribution in [0.2, 0.25) is 5.02 Å². The Kier molecular flexibility index (Phi) is 6.73. The summed E-state index contributed by atoms with van der Waals surface area (Å²) in [4.78, 5) is 27.3. The Labute approximate surface area is 220 Å². The fraction of sp³-hybridized carbons (Fsp3) is 0.111. The molecule has 0 N–H and O–H groups in total. The number of carbonyl (C=O) groups is 2. The third kappa shape index (κ3) is 4.89. The van der Waals surface area contributed by atoms with Crippen LogP contribution in [0.5, 0.6) is 5.75 Å². The second-order valence-electron chi connectivity index (χ2n) is 8.07. The second kappa shape index (κ2) is 9.93. The number of carbonyl (C=O) groups excluding carboxylic acids is 2. The predicted molar refractivity (Wildman–Crippen MR) is 146 cm³/mol. The molecule has 1 aromatic heterocycles. The molecule has 0 aliphatic carbocycles. The van der Waals surface area contributed by atoms with Crippen LogP contribution in [0.3, 0.4) is 0 Å². The predicted octanol–water partition coefficient (Wildman–Crippen LogP) is 7.69. The third-order valence-corrected chi connectivity index (χ3v) is 7.35. The summed E-state index contributed by atoms with van der Waals surface area (Å²) in [6.45, 7) is 3.16. The van der Waals surface area contributed by atoms with E-state index in [-0.39, 0.29) is 11.1 Å². The summed E-state index contributed by atoms with van der Waals surface area (Å²) in [6.07, 6.45) is 3.76. The Morgan fingerprint density at radius 1 is 1.06 bits per heavy atom. The average molecular weight is 568 g/mol. The molecule has 0 unspecified atom stereocenters. The van der Waals surface area contributed by atoms with Gasteiger partial charge in [0.25, 0.3) is 11.1 Å². The molecular formula is C27H20BrClN2O3S. The number of anilines is 1. The quantitative estimate of drug-likeness (QED) is 0.224. The van der Waals surface area contributed by atoms with Crippen molar-refractivity contribution in [3.63, 3.8) is 0 Å².